The number of carbonyl (C=O) groups is 1. The number of hydrogen-bond acceptors (Lipinski definition) is 2. The average molecular weight is 193 g/mol. The number of esters is 1. The van der Waals surface area contributed by atoms with Crippen LogP contribution in [-0.2, 0) is 9.53 Å². The van der Waals surface area contributed by atoms with Crippen LogP contribution in [-0.4, -0.2) is 18.4 Å². The molecule has 0 aromatic rings. The minimum Gasteiger partial charge on any atom is -0.466 e. The van der Waals surface area contributed by atoms with Gasteiger partial charge in [-0.1, -0.05) is 21.5 Å². The van der Waals surface area contributed by atoms with Crippen molar-refractivity contribution in [1.82, 2.24) is 0 Å². The fourth-order valence-electron chi connectivity index (χ4n) is 0.299. The van der Waals surface area contributed by atoms with E-state index in [1.165, 1.54) is 13.2 Å². The molecule has 3 heteroatoms. The Morgan fingerprint density at radius 3 is 2.67 bits per heavy atom. The third-order valence-electron chi connectivity index (χ3n) is 0.776. The van der Waals surface area contributed by atoms with E-state index in [1.807, 2.05) is 6.92 Å². The number of carbonyl (C=O) groups excluding carboxylic acids is 1. The first kappa shape index (κ1) is 8.69. The summed E-state index contributed by atoms with van der Waals surface area (Å²) in [5.74, 6) is -0.299. The fraction of sp³-hybridized carbons (Fsp3) is 0.500. The molecule has 0 bridgehead atoms. The van der Waals surface area contributed by atoms with Crippen molar-refractivity contribution in [2.24, 2.45) is 0 Å². The van der Waals surface area contributed by atoms with Gasteiger partial charge in [-0.05, 0) is 6.92 Å². The summed E-state index contributed by atoms with van der Waals surface area (Å²) in [6.07, 6.45) is 1.45. The van der Waals surface area contributed by atoms with Gasteiger partial charge in [0.1, 0.15) is 0 Å². The van der Waals surface area contributed by atoms with Gasteiger partial charge < -0.3 is 4.74 Å². The van der Waals surface area contributed by atoms with Crippen LogP contribution in [0.15, 0.2) is 11.6 Å². The quantitative estimate of drug-likeness (QED) is 0.377. The molecule has 0 rings (SSSR count). The van der Waals surface area contributed by atoms with Crippen molar-refractivity contribution in [3.63, 3.8) is 0 Å². The van der Waals surface area contributed by atoms with Gasteiger partial charge in [0.25, 0.3) is 0 Å². The van der Waals surface area contributed by atoms with Crippen LogP contribution in [0.1, 0.15) is 6.92 Å². The molecule has 0 aromatic carbocycles. The Kier molecular flexibility index (Phi) is 4.40. The zero-order chi connectivity index (χ0) is 7.28. The molecule has 0 saturated carbocycles. The van der Waals surface area contributed by atoms with Crippen LogP contribution in [0.5, 0.6) is 0 Å². The van der Waals surface area contributed by atoms with Crippen molar-refractivity contribution in [3.8, 4) is 0 Å². The molecule has 9 heavy (non-hydrogen) atoms. The van der Waals surface area contributed by atoms with Crippen LogP contribution in [0.25, 0.3) is 0 Å². The number of ether oxygens (including phenoxy) is 1. The van der Waals surface area contributed by atoms with E-state index >= 15 is 0 Å². The summed E-state index contributed by atoms with van der Waals surface area (Å²) in [6.45, 7) is 1.85. The Balaban J connectivity index is 3.79. The van der Waals surface area contributed by atoms with E-state index in [1.54, 1.807) is 0 Å². The smallest absolute Gasteiger partial charge is 0.330 e. The first-order valence-electron chi connectivity index (χ1n) is 2.51. The van der Waals surface area contributed by atoms with Crippen LogP contribution in [0.3, 0.4) is 0 Å². The van der Waals surface area contributed by atoms with E-state index in [2.05, 4.69) is 20.7 Å². The summed E-state index contributed by atoms with van der Waals surface area (Å²) in [6, 6.07) is 0. The Hall–Kier alpha value is -0.310. The summed E-state index contributed by atoms with van der Waals surface area (Å²) in [5.41, 5.74) is 0.960. The van der Waals surface area contributed by atoms with Gasteiger partial charge in [0.05, 0.1) is 7.11 Å². The van der Waals surface area contributed by atoms with E-state index in [-0.39, 0.29) is 5.97 Å². The lowest BCUT2D eigenvalue weighted by atomic mass is 10.3. The Labute approximate surface area is 63.0 Å². The average Bonchev–Trinajstić information content (AvgIpc) is 1.87. The van der Waals surface area contributed by atoms with E-state index in [4.69, 9.17) is 0 Å². The van der Waals surface area contributed by atoms with Crippen LogP contribution >= 0.6 is 15.9 Å². The minimum atomic E-state index is -0.299. The number of halogens is 1. The molecule has 0 atom stereocenters. The molecule has 0 saturated heterocycles. The van der Waals surface area contributed by atoms with Crippen molar-refractivity contribution in [1.29, 1.82) is 0 Å². The van der Waals surface area contributed by atoms with E-state index in [0.717, 1.165) is 5.57 Å². The van der Waals surface area contributed by atoms with Gasteiger partial charge in [0.2, 0.25) is 0 Å². The predicted octanol–water partition coefficient (Wildman–Crippen LogP) is 1.50. The molecule has 0 aromatic heterocycles. The normalized spacial score (nSPS) is 11.2. The molecular weight excluding hydrogens is 184 g/mol. The van der Waals surface area contributed by atoms with Gasteiger partial charge >= 0.3 is 5.97 Å². The lowest BCUT2D eigenvalue weighted by molar-refractivity contribution is -0.134. The van der Waals surface area contributed by atoms with Gasteiger partial charge in [0, 0.05) is 11.4 Å². The molecule has 0 spiro atoms. The predicted molar refractivity (Wildman–Crippen MR) is 39.6 cm³/mol. The second-order valence-corrected chi connectivity index (χ2v) is 2.21. The maximum atomic E-state index is 10.5. The van der Waals surface area contributed by atoms with Crippen molar-refractivity contribution < 1.29 is 9.53 Å². The lowest BCUT2D eigenvalue weighted by Gasteiger charge is -1.92. The lowest BCUT2D eigenvalue weighted by Crippen LogP contribution is -1.95. The summed E-state index contributed by atoms with van der Waals surface area (Å²) in [7, 11) is 1.36. The first-order chi connectivity index (χ1) is 4.20. The Morgan fingerprint density at radius 1 is 1.78 bits per heavy atom. The van der Waals surface area contributed by atoms with Gasteiger partial charge in [-0.25, -0.2) is 4.79 Å². The second-order valence-electron chi connectivity index (χ2n) is 1.65. The molecule has 0 heterocycles. The van der Waals surface area contributed by atoms with Crippen molar-refractivity contribution in [2.45, 2.75) is 6.92 Å². The summed E-state index contributed by atoms with van der Waals surface area (Å²) < 4.78 is 4.39. The van der Waals surface area contributed by atoms with E-state index < -0.39 is 0 Å². The Morgan fingerprint density at radius 2 is 2.33 bits per heavy atom. The Bertz CT molecular complexity index is 129. The second kappa shape index (κ2) is 4.56. The molecule has 0 aliphatic rings. The highest BCUT2D eigenvalue weighted by molar-refractivity contribution is 9.09. The number of allylic oxidation sites excluding steroid dienone is 1. The fourth-order valence-corrected chi connectivity index (χ4v) is 0.461. The van der Waals surface area contributed by atoms with E-state index in [0.29, 0.717) is 5.33 Å². The molecule has 0 aliphatic carbocycles. The van der Waals surface area contributed by atoms with Crippen LogP contribution < -0.4 is 0 Å². The zero-order valence-electron chi connectivity index (χ0n) is 5.48. The van der Waals surface area contributed by atoms with Gasteiger partial charge in [-0.15, -0.1) is 0 Å². The number of methoxy groups -OCH3 is 1. The molecule has 0 aliphatic heterocycles. The maximum Gasteiger partial charge on any atom is 0.330 e. The maximum absolute atomic E-state index is 10.5. The molecule has 0 unspecified atom stereocenters. The largest absolute Gasteiger partial charge is 0.466 e. The van der Waals surface area contributed by atoms with Gasteiger partial charge in [-0.3, -0.25) is 0 Å². The highest BCUT2D eigenvalue weighted by Gasteiger charge is 1.92. The molecule has 0 fully saturated rings. The summed E-state index contributed by atoms with van der Waals surface area (Å²) in [5, 5.41) is 0.710. The third-order valence-corrected chi connectivity index (χ3v) is 1.66. The first-order valence-corrected chi connectivity index (χ1v) is 3.64. The van der Waals surface area contributed by atoms with Crippen molar-refractivity contribution >= 4 is 21.9 Å². The standard InChI is InChI=1S/C6H9BrO2/c1-5(4-7)3-6(8)9-2/h3H,4H2,1-2H3/b5-3-. The molecule has 2 nitrogen and oxygen atoms in total. The van der Waals surface area contributed by atoms with Crippen molar-refractivity contribution in [2.75, 3.05) is 12.4 Å². The van der Waals surface area contributed by atoms with Crippen LogP contribution in [0.2, 0.25) is 0 Å². The monoisotopic (exact) mass is 192 g/mol. The SMILES string of the molecule is COC(=O)/C=C(/C)CBr. The molecule has 0 radical (unpaired) electrons. The number of alkyl halides is 1. The van der Waals surface area contributed by atoms with Crippen molar-refractivity contribution in [3.05, 3.63) is 11.6 Å². The molecule has 52 valence electrons. The summed E-state index contributed by atoms with van der Waals surface area (Å²) in [4.78, 5) is 10.5. The number of hydrogen-bond donors (Lipinski definition) is 0. The number of rotatable bonds is 2. The minimum absolute atomic E-state index is 0.299. The molecule has 0 amide bonds. The van der Waals surface area contributed by atoms with Crippen LogP contribution in [0.4, 0.5) is 0 Å². The molecular formula is C6H9BrO2. The van der Waals surface area contributed by atoms with E-state index in [9.17, 15) is 4.79 Å². The van der Waals surface area contributed by atoms with Gasteiger partial charge in [-0.2, -0.15) is 0 Å². The summed E-state index contributed by atoms with van der Waals surface area (Å²) >= 11 is 3.20. The topological polar surface area (TPSA) is 26.3 Å². The highest BCUT2D eigenvalue weighted by Crippen LogP contribution is 1.96. The molecule has 0 N–H and O–H groups in total. The zero-order valence-corrected chi connectivity index (χ0v) is 7.06. The highest BCUT2D eigenvalue weighted by atomic mass is 79.9. The van der Waals surface area contributed by atoms with Crippen LogP contribution in [0, 0.1) is 0 Å². The van der Waals surface area contributed by atoms with Gasteiger partial charge in [0.15, 0.2) is 0 Å². The third kappa shape index (κ3) is 4.21.